The van der Waals surface area contributed by atoms with Gasteiger partial charge in [-0.2, -0.15) is 0 Å². The third-order valence-corrected chi connectivity index (χ3v) is 0.756. The molecule has 0 saturated carbocycles. The van der Waals surface area contributed by atoms with Crippen LogP contribution in [0.3, 0.4) is 0 Å². The quantitative estimate of drug-likeness (QED) is 0.501. The van der Waals surface area contributed by atoms with Crippen molar-refractivity contribution in [2.24, 2.45) is 0 Å². The van der Waals surface area contributed by atoms with Gasteiger partial charge >= 0.3 is 73.1 Å². The van der Waals surface area contributed by atoms with Gasteiger partial charge in [-0.1, -0.05) is 32.0 Å². The van der Waals surface area contributed by atoms with E-state index in [1.807, 2.05) is 19.9 Å². The Hall–Kier alpha value is 0.0112. The third kappa shape index (κ3) is 181. The van der Waals surface area contributed by atoms with Crippen molar-refractivity contribution >= 4 is 21.8 Å². The molecule has 0 heterocycles. The van der Waals surface area contributed by atoms with E-state index in [4.69, 9.17) is 5.11 Å². The Morgan fingerprint density at radius 2 is 0.720 bits per heavy atom. The molecule has 0 atom stereocenters. The van der Waals surface area contributed by atoms with E-state index < -0.39 is 21.8 Å². The van der Waals surface area contributed by atoms with Crippen molar-refractivity contribution in [1.82, 2.24) is 0 Å². The minimum absolute atomic E-state index is 0. The first-order chi connectivity index (χ1) is 10.4. The number of halogens is 12. The molecule has 0 amide bonds. The van der Waals surface area contributed by atoms with E-state index in [-0.39, 0.29) is 51.4 Å². The van der Waals surface area contributed by atoms with Gasteiger partial charge in [-0.25, -0.2) is 0 Å². The first kappa shape index (κ1) is 36.0. The van der Waals surface area contributed by atoms with E-state index in [9.17, 15) is 51.8 Å². The fourth-order valence-electron chi connectivity index (χ4n) is 0.428. The van der Waals surface area contributed by atoms with Gasteiger partial charge < -0.3 is 56.9 Å². The van der Waals surface area contributed by atoms with Crippen LogP contribution >= 0.6 is 0 Å². The molecule has 0 aliphatic rings. The second-order valence-corrected chi connectivity index (χ2v) is 2.82. The molecule has 0 radical (unpaired) electrons. The van der Waals surface area contributed by atoms with Crippen molar-refractivity contribution < 1.29 is 108 Å². The zero-order valence-corrected chi connectivity index (χ0v) is 16.2. The molecule has 0 aliphatic heterocycles. The van der Waals surface area contributed by atoms with Crippen molar-refractivity contribution in [3.63, 3.8) is 0 Å². The second-order valence-electron chi connectivity index (χ2n) is 2.82. The van der Waals surface area contributed by atoms with Crippen LogP contribution in [0.1, 0.15) is 13.8 Å². The molecular weight excluding hydrogens is 412 g/mol. The summed E-state index contributed by atoms with van der Waals surface area (Å²) in [5, 5.41) is 8.63. The molecule has 0 bridgehead atoms. The maximum absolute atomic E-state index is 9.75. The van der Waals surface area contributed by atoms with Crippen LogP contribution in [0.2, 0.25) is 0 Å². The van der Waals surface area contributed by atoms with Crippen LogP contribution in [0.15, 0.2) is 30.3 Å². The second kappa shape index (κ2) is 18.8. The molecule has 1 nitrogen and oxygen atoms in total. The molecule has 146 valence electrons. The van der Waals surface area contributed by atoms with Crippen molar-refractivity contribution in [2.75, 3.05) is 0 Å². The fourth-order valence-corrected chi connectivity index (χ4v) is 0.428. The Morgan fingerprint density at radius 1 is 0.560 bits per heavy atom. The number of aromatic hydroxyl groups is 1. The van der Waals surface area contributed by atoms with Gasteiger partial charge in [0, 0.05) is 0 Å². The summed E-state index contributed by atoms with van der Waals surface area (Å²) in [7, 11) is -18.0. The number of rotatable bonds is 0. The van der Waals surface area contributed by atoms with Gasteiger partial charge in [0.25, 0.3) is 0 Å². The molecule has 0 saturated heterocycles. The summed E-state index contributed by atoms with van der Waals surface area (Å²) >= 11 is 0. The molecular formula is C8H12B3F12KO-2. The van der Waals surface area contributed by atoms with E-state index in [2.05, 4.69) is 0 Å². The summed E-state index contributed by atoms with van der Waals surface area (Å²) in [6.07, 6.45) is 0. The molecule has 25 heavy (non-hydrogen) atoms. The summed E-state index contributed by atoms with van der Waals surface area (Å²) in [5.41, 5.74) is 0. The minimum atomic E-state index is -6.00. The van der Waals surface area contributed by atoms with Gasteiger partial charge in [0.15, 0.2) is 0 Å². The van der Waals surface area contributed by atoms with Crippen molar-refractivity contribution in [3.05, 3.63) is 30.3 Å². The van der Waals surface area contributed by atoms with E-state index in [1.165, 1.54) is 0 Å². The zero-order valence-electron chi connectivity index (χ0n) is 13.1. The van der Waals surface area contributed by atoms with Crippen LogP contribution in [0.5, 0.6) is 5.75 Å². The Bertz CT molecular complexity index is 323. The third-order valence-electron chi connectivity index (χ3n) is 0.756. The number of benzene rings is 1. The molecule has 1 N–H and O–H groups in total. The van der Waals surface area contributed by atoms with Crippen LogP contribution < -0.4 is 51.4 Å². The van der Waals surface area contributed by atoms with Gasteiger partial charge in [0.1, 0.15) is 5.75 Å². The summed E-state index contributed by atoms with van der Waals surface area (Å²) in [5.74, 6) is 0.322. The van der Waals surface area contributed by atoms with Gasteiger partial charge in [-0.3, -0.25) is 0 Å². The molecule has 17 heteroatoms. The predicted octanol–water partition coefficient (Wildman–Crippen LogP) is 3.32. The van der Waals surface area contributed by atoms with Crippen molar-refractivity contribution in [3.8, 4) is 5.75 Å². The maximum atomic E-state index is 9.75. The number of hydrogen-bond donors (Lipinski definition) is 1. The topological polar surface area (TPSA) is 20.2 Å². The van der Waals surface area contributed by atoms with Crippen LogP contribution in [0.4, 0.5) is 51.8 Å². The standard InChI is InChI=1S/C6H6O.C2H6.3BF4.K/c7-6-4-2-1-3-5-6;1-2;3*2-1(3,4)5;/h1-5,7H;1-2H3;;;;/q;;3*-1;+1. The molecule has 0 aliphatic carbocycles. The average molecular weight is 424 g/mol. The number of hydrogen-bond acceptors (Lipinski definition) is 1. The van der Waals surface area contributed by atoms with Gasteiger partial charge in [-0.05, 0) is 12.1 Å². The molecule has 1 aromatic carbocycles. The zero-order chi connectivity index (χ0) is 20.6. The first-order valence-electron chi connectivity index (χ1n) is 5.75. The SMILES string of the molecule is CC.F[B-](F)(F)F.F[B-](F)(F)F.F[B-](F)(F)F.Oc1ccccc1.[K+]. The summed E-state index contributed by atoms with van der Waals surface area (Å²) in [4.78, 5) is 0. The molecule has 0 unspecified atom stereocenters. The van der Waals surface area contributed by atoms with Crippen LogP contribution in [-0.4, -0.2) is 26.9 Å². The van der Waals surface area contributed by atoms with Gasteiger partial charge in [0.2, 0.25) is 0 Å². The maximum Gasteiger partial charge on any atom is 1.00 e. The first-order valence-corrected chi connectivity index (χ1v) is 5.75. The predicted molar refractivity (Wildman–Crippen MR) is 70.0 cm³/mol. The van der Waals surface area contributed by atoms with E-state index in [0.29, 0.717) is 5.75 Å². The van der Waals surface area contributed by atoms with Crippen LogP contribution in [-0.2, 0) is 0 Å². The van der Waals surface area contributed by atoms with Gasteiger partial charge in [-0.15, -0.1) is 0 Å². The largest absolute Gasteiger partial charge is 1.00 e. The molecule has 1 aromatic rings. The van der Waals surface area contributed by atoms with Gasteiger partial charge in [0.05, 0.1) is 0 Å². The summed E-state index contributed by atoms with van der Waals surface area (Å²) < 4.78 is 117. The summed E-state index contributed by atoms with van der Waals surface area (Å²) in [6, 6.07) is 8.71. The van der Waals surface area contributed by atoms with Crippen molar-refractivity contribution in [1.29, 1.82) is 0 Å². The fraction of sp³-hybridized carbons (Fsp3) is 0.250. The Labute approximate surface area is 178 Å². The average Bonchev–Trinajstić information content (AvgIpc) is 2.25. The molecule has 0 aromatic heterocycles. The number of phenolic OH excluding ortho intramolecular Hbond substituents is 1. The monoisotopic (exact) mass is 424 g/mol. The number of phenols is 1. The smallest absolute Gasteiger partial charge is 0.508 e. The van der Waals surface area contributed by atoms with E-state index in [1.54, 1.807) is 24.3 Å². The van der Waals surface area contributed by atoms with Crippen LogP contribution in [0, 0.1) is 0 Å². The van der Waals surface area contributed by atoms with Crippen LogP contribution in [0.25, 0.3) is 0 Å². The van der Waals surface area contributed by atoms with E-state index in [0.717, 1.165) is 0 Å². The Balaban J connectivity index is -0.0000000688. The molecule has 0 spiro atoms. The van der Waals surface area contributed by atoms with Crippen molar-refractivity contribution in [2.45, 2.75) is 13.8 Å². The Morgan fingerprint density at radius 3 is 0.800 bits per heavy atom. The Kier molecular flexibility index (Phi) is 27.1. The number of para-hydroxylation sites is 1. The molecule has 1 rings (SSSR count). The minimum Gasteiger partial charge on any atom is -0.508 e. The van der Waals surface area contributed by atoms with E-state index >= 15 is 0 Å². The normalized spacial score (nSPS) is 9.84. The summed E-state index contributed by atoms with van der Waals surface area (Å²) in [6.45, 7) is 4.00. The molecule has 0 fully saturated rings.